The van der Waals surface area contributed by atoms with Crippen LogP contribution in [0.5, 0.6) is 0 Å². The molecule has 0 atom stereocenters. The number of aliphatic hydroxyl groups excluding tert-OH is 1. The Hall–Kier alpha value is -4.54. The van der Waals surface area contributed by atoms with E-state index in [0.29, 0.717) is 25.5 Å². The van der Waals surface area contributed by atoms with E-state index in [-0.39, 0.29) is 30.4 Å². The molecular formula is C29H32N6O4. The Morgan fingerprint density at radius 1 is 0.667 bits per heavy atom. The number of aromatic amines is 2. The van der Waals surface area contributed by atoms with Gasteiger partial charge in [0.05, 0.1) is 19.7 Å². The molecule has 10 heteroatoms. The SMILES string of the molecule is Cc1ccc(Cn2nc(CO)[nH]c2=O)cc1.Cc1ccc(Cn2nc(COCc3ccccc3)[nH]c2=O)cc1. The van der Waals surface area contributed by atoms with E-state index in [4.69, 9.17) is 9.84 Å². The molecular weight excluding hydrogens is 496 g/mol. The minimum Gasteiger partial charge on any atom is -0.388 e. The second kappa shape index (κ2) is 13.3. The molecule has 0 saturated carbocycles. The Balaban J connectivity index is 0.000000193. The highest BCUT2D eigenvalue weighted by atomic mass is 16.5. The maximum atomic E-state index is 11.9. The van der Waals surface area contributed by atoms with E-state index >= 15 is 0 Å². The second-order valence-corrected chi connectivity index (χ2v) is 9.18. The van der Waals surface area contributed by atoms with E-state index in [1.165, 1.54) is 20.5 Å². The molecule has 2 aromatic heterocycles. The van der Waals surface area contributed by atoms with E-state index in [0.717, 1.165) is 16.7 Å². The molecule has 5 aromatic rings. The normalized spacial score (nSPS) is 10.7. The zero-order chi connectivity index (χ0) is 27.6. The first-order valence-corrected chi connectivity index (χ1v) is 12.5. The number of aromatic nitrogens is 6. The first kappa shape index (κ1) is 27.5. The maximum Gasteiger partial charge on any atom is 0.343 e. The van der Waals surface area contributed by atoms with E-state index in [9.17, 15) is 9.59 Å². The molecule has 3 aromatic carbocycles. The summed E-state index contributed by atoms with van der Waals surface area (Å²) in [6, 6.07) is 25.8. The molecule has 2 heterocycles. The average molecular weight is 529 g/mol. The van der Waals surface area contributed by atoms with Gasteiger partial charge in [-0.3, -0.25) is 9.97 Å². The summed E-state index contributed by atoms with van der Waals surface area (Å²) in [7, 11) is 0. The molecule has 0 unspecified atom stereocenters. The number of hydrogen-bond acceptors (Lipinski definition) is 6. The Bertz CT molecular complexity index is 1570. The summed E-state index contributed by atoms with van der Waals surface area (Å²) in [6.45, 7) is 5.43. The smallest absolute Gasteiger partial charge is 0.343 e. The molecule has 0 amide bonds. The Morgan fingerprint density at radius 2 is 1.15 bits per heavy atom. The topological polar surface area (TPSA) is 131 Å². The quantitative estimate of drug-likeness (QED) is 0.270. The van der Waals surface area contributed by atoms with Gasteiger partial charge in [-0.05, 0) is 30.5 Å². The van der Waals surface area contributed by atoms with Gasteiger partial charge in [-0.15, -0.1) is 0 Å². The number of hydrogen-bond donors (Lipinski definition) is 3. The fraction of sp³-hybridized carbons (Fsp3) is 0.241. The summed E-state index contributed by atoms with van der Waals surface area (Å²) in [4.78, 5) is 28.5. The van der Waals surface area contributed by atoms with Gasteiger partial charge in [0.1, 0.15) is 13.2 Å². The minimum atomic E-state index is -0.301. The fourth-order valence-corrected chi connectivity index (χ4v) is 3.73. The van der Waals surface area contributed by atoms with Crippen LogP contribution in [0.25, 0.3) is 0 Å². The molecule has 0 aliphatic rings. The summed E-state index contributed by atoms with van der Waals surface area (Å²) in [5, 5.41) is 17.1. The van der Waals surface area contributed by atoms with Gasteiger partial charge >= 0.3 is 11.4 Å². The van der Waals surface area contributed by atoms with Crippen LogP contribution in [0.3, 0.4) is 0 Å². The van der Waals surface area contributed by atoms with Crippen molar-refractivity contribution in [1.29, 1.82) is 0 Å². The third-order valence-corrected chi connectivity index (χ3v) is 5.86. The molecule has 10 nitrogen and oxygen atoms in total. The first-order chi connectivity index (χ1) is 18.9. The van der Waals surface area contributed by atoms with Gasteiger partial charge in [0, 0.05) is 0 Å². The number of nitrogens with zero attached hydrogens (tertiary/aromatic N) is 4. The van der Waals surface area contributed by atoms with Crippen LogP contribution >= 0.6 is 0 Å². The zero-order valence-corrected chi connectivity index (χ0v) is 22.0. The molecule has 0 bridgehead atoms. The summed E-state index contributed by atoms with van der Waals surface area (Å²) < 4.78 is 8.32. The van der Waals surface area contributed by atoms with Crippen LogP contribution in [0.4, 0.5) is 0 Å². The second-order valence-electron chi connectivity index (χ2n) is 9.18. The lowest BCUT2D eigenvalue weighted by atomic mass is 10.1. The molecule has 0 spiro atoms. The summed E-state index contributed by atoms with van der Waals surface area (Å²) in [5.74, 6) is 0.829. The van der Waals surface area contributed by atoms with Crippen LogP contribution in [-0.2, 0) is 37.6 Å². The predicted molar refractivity (Wildman–Crippen MR) is 147 cm³/mol. The van der Waals surface area contributed by atoms with Crippen LogP contribution in [-0.4, -0.2) is 34.6 Å². The van der Waals surface area contributed by atoms with Gasteiger partial charge in [-0.1, -0.05) is 90.0 Å². The third kappa shape index (κ3) is 8.22. The van der Waals surface area contributed by atoms with E-state index < -0.39 is 0 Å². The predicted octanol–water partition coefficient (Wildman–Crippen LogP) is 3.07. The van der Waals surface area contributed by atoms with Crippen LogP contribution in [0.2, 0.25) is 0 Å². The van der Waals surface area contributed by atoms with Crippen molar-refractivity contribution >= 4 is 0 Å². The molecule has 5 rings (SSSR count). The van der Waals surface area contributed by atoms with Crippen molar-refractivity contribution in [3.63, 3.8) is 0 Å². The van der Waals surface area contributed by atoms with E-state index in [2.05, 4.69) is 20.2 Å². The lowest BCUT2D eigenvalue weighted by Gasteiger charge is -2.02. The van der Waals surface area contributed by atoms with Crippen molar-refractivity contribution in [3.8, 4) is 0 Å². The van der Waals surface area contributed by atoms with Crippen LogP contribution < -0.4 is 11.4 Å². The first-order valence-electron chi connectivity index (χ1n) is 12.5. The molecule has 39 heavy (non-hydrogen) atoms. The van der Waals surface area contributed by atoms with Crippen molar-refractivity contribution in [3.05, 3.63) is 139 Å². The highest BCUT2D eigenvalue weighted by molar-refractivity contribution is 5.22. The molecule has 0 radical (unpaired) electrons. The van der Waals surface area contributed by atoms with Crippen LogP contribution in [0.1, 0.15) is 39.5 Å². The molecule has 0 aliphatic carbocycles. The van der Waals surface area contributed by atoms with Crippen LogP contribution in [0.15, 0.2) is 88.5 Å². The van der Waals surface area contributed by atoms with Gasteiger partial charge in [0.15, 0.2) is 11.6 Å². The van der Waals surface area contributed by atoms with Crippen molar-refractivity contribution in [2.45, 2.75) is 46.8 Å². The van der Waals surface area contributed by atoms with Gasteiger partial charge in [0.2, 0.25) is 0 Å². The summed E-state index contributed by atoms with van der Waals surface area (Å²) in [5.41, 5.74) is 4.99. The van der Waals surface area contributed by atoms with E-state index in [1.807, 2.05) is 92.7 Å². The number of H-pyrrole nitrogens is 2. The zero-order valence-electron chi connectivity index (χ0n) is 22.0. The lowest BCUT2D eigenvalue weighted by molar-refractivity contribution is 0.101. The third-order valence-electron chi connectivity index (χ3n) is 5.86. The monoisotopic (exact) mass is 528 g/mol. The standard InChI is InChI=1S/C18H19N3O2.C11H13N3O2/c1-14-7-9-15(10-8-14)11-21-18(22)19-17(20-21)13-23-12-16-5-3-2-4-6-16;1-8-2-4-9(5-3-8)6-14-11(16)12-10(7-15)13-14/h2-10H,11-13H2,1H3,(H,19,20,22);2-5,15H,6-7H2,1H3,(H,12,13,16). The van der Waals surface area contributed by atoms with Crippen molar-refractivity contribution < 1.29 is 9.84 Å². The fourth-order valence-electron chi connectivity index (χ4n) is 3.73. The number of aliphatic hydroxyl groups is 1. The molecule has 0 fully saturated rings. The molecule has 0 saturated heterocycles. The largest absolute Gasteiger partial charge is 0.388 e. The molecule has 202 valence electrons. The number of ether oxygens (including phenoxy) is 1. The highest BCUT2D eigenvalue weighted by Gasteiger charge is 2.07. The van der Waals surface area contributed by atoms with Crippen molar-refractivity contribution in [2.24, 2.45) is 0 Å². The Labute approximate surface area is 225 Å². The summed E-state index contributed by atoms with van der Waals surface area (Å²) in [6.07, 6.45) is 0. The Kier molecular flexibility index (Phi) is 9.39. The minimum absolute atomic E-state index is 0.219. The number of rotatable bonds is 9. The van der Waals surface area contributed by atoms with Gasteiger partial charge in [-0.2, -0.15) is 10.2 Å². The van der Waals surface area contributed by atoms with Gasteiger partial charge < -0.3 is 9.84 Å². The van der Waals surface area contributed by atoms with Crippen LogP contribution in [0, 0.1) is 13.8 Å². The Morgan fingerprint density at radius 3 is 1.64 bits per heavy atom. The summed E-state index contributed by atoms with van der Waals surface area (Å²) >= 11 is 0. The highest BCUT2D eigenvalue weighted by Crippen LogP contribution is 2.06. The number of benzene rings is 3. The number of aryl methyl sites for hydroxylation is 2. The van der Waals surface area contributed by atoms with E-state index in [1.54, 1.807) is 0 Å². The van der Waals surface area contributed by atoms with Crippen molar-refractivity contribution in [2.75, 3.05) is 0 Å². The van der Waals surface area contributed by atoms with Crippen molar-refractivity contribution in [1.82, 2.24) is 29.5 Å². The van der Waals surface area contributed by atoms with Gasteiger partial charge in [-0.25, -0.2) is 19.0 Å². The average Bonchev–Trinajstić information content (AvgIpc) is 3.48. The van der Waals surface area contributed by atoms with Gasteiger partial charge in [0.25, 0.3) is 0 Å². The molecule has 3 N–H and O–H groups in total. The number of nitrogens with one attached hydrogen (secondary N) is 2. The maximum absolute atomic E-state index is 11.9. The molecule has 0 aliphatic heterocycles. The lowest BCUT2D eigenvalue weighted by Crippen LogP contribution is -2.18.